The van der Waals surface area contributed by atoms with Crippen LogP contribution in [-0.2, 0) is 22.4 Å². The van der Waals surface area contributed by atoms with Crippen molar-refractivity contribution in [3.63, 3.8) is 0 Å². The SMILES string of the molecule is CC(COC(=O)/C=C/c1ccc(Oc2ccc(OCCCC#N)cc2)cc1)(Cc1ccc(N)cc1)Cc1ccc(N)cc1. The van der Waals surface area contributed by atoms with Gasteiger partial charge < -0.3 is 25.7 Å². The van der Waals surface area contributed by atoms with Crippen LogP contribution in [-0.4, -0.2) is 19.2 Å². The molecule has 4 aromatic carbocycles. The summed E-state index contributed by atoms with van der Waals surface area (Å²) in [5.74, 6) is 1.67. The molecule has 7 heteroatoms. The molecule has 0 unspecified atom stereocenters. The first-order valence-corrected chi connectivity index (χ1v) is 14.2. The van der Waals surface area contributed by atoms with Gasteiger partial charge in [-0.05, 0) is 103 Å². The lowest BCUT2D eigenvalue weighted by Crippen LogP contribution is -2.30. The molecule has 7 nitrogen and oxygen atoms in total. The molecule has 4 N–H and O–H groups in total. The van der Waals surface area contributed by atoms with Gasteiger partial charge in [-0.2, -0.15) is 5.26 Å². The van der Waals surface area contributed by atoms with E-state index in [1.54, 1.807) is 6.08 Å². The zero-order chi connectivity index (χ0) is 30.5. The molecule has 0 aliphatic heterocycles. The molecule has 0 radical (unpaired) electrons. The number of carbonyl (C=O) groups is 1. The number of nitrogens with two attached hydrogens (primary N) is 2. The Kier molecular flexibility index (Phi) is 10.8. The van der Waals surface area contributed by atoms with Crippen LogP contribution in [0.25, 0.3) is 6.08 Å². The van der Waals surface area contributed by atoms with Crippen molar-refractivity contribution in [2.75, 3.05) is 24.7 Å². The third-order valence-electron chi connectivity index (χ3n) is 6.84. The molecule has 0 atom stereocenters. The van der Waals surface area contributed by atoms with Crippen LogP contribution < -0.4 is 20.9 Å². The first-order valence-electron chi connectivity index (χ1n) is 14.2. The lowest BCUT2D eigenvalue weighted by atomic mass is 9.79. The van der Waals surface area contributed by atoms with Crippen molar-refractivity contribution in [1.82, 2.24) is 0 Å². The molecule has 0 fully saturated rings. The van der Waals surface area contributed by atoms with E-state index in [-0.39, 0.29) is 12.0 Å². The number of carbonyl (C=O) groups excluding carboxylic acids is 1. The molecule has 0 aliphatic rings. The maximum atomic E-state index is 12.7. The van der Waals surface area contributed by atoms with E-state index in [1.165, 1.54) is 6.08 Å². The lowest BCUT2D eigenvalue weighted by Gasteiger charge is -2.29. The van der Waals surface area contributed by atoms with Crippen LogP contribution in [0.3, 0.4) is 0 Å². The van der Waals surface area contributed by atoms with E-state index in [2.05, 4.69) is 13.0 Å². The van der Waals surface area contributed by atoms with Gasteiger partial charge in [0.25, 0.3) is 0 Å². The first-order chi connectivity index (χ1) is 20.8. The minimum absolute atomic E-state index is 0.251. The van der Waals surface area contributed by atoms with Crippen molar-refractivity contribution in [3.8, 4) is 23.3 Å². The summed E-state index contributed by atoms with van der Waals surface area (Å²) >= 11 is 0. The molecule has 0 saturated carbocycles. The number of nitriles is 1. The molecule has 0 saturated heterocycles. The molecule has 4 rings (SSSR count). The number of ether oxygens (including phenoxy) is 3. The predicted molar refractivity (Wildman–Crippen MR) is 171 cm³/mol. The van der Waals surface area contributed by atoms with Crippen molar-refractivity contribution < 1.29 is 19.0 Å². The fraction of sp³-hybridized carbons (Fsp3) is 0.222. The van der Waals surface area contributed by atoms with E-state index >= 15 is 0 Å². The van der Waals surface area contributed by atoms with E-state index in [9.17, 15) is 4.79 Å². The number of anilines is 2. The van der Waals surface area contributed by atoms with Crippen molar-refractivity contribution in [1.29, 1.82) is 5.26 Å². The minimum atomic E-state index is -0.406. The van der Waals surface area contributed by atoms with Gasteiger partial charge in [-0.3, -0.25) is 0 Å². The lowest BCUT2D eigenvalue weighted by molar-refractivity contribution is -0.141. The molecule has 0 heterocycles. The van der Waals surface area contributed by atoms with Crippen LogP contribution in [0.5, 0.6) is 17.2 Å². The maximum Gasteiger partial charge on any atom is 0.330 e. The van der Waals surface area contributed by atoms with Gasteiger partial charge in [0.2, 0.25) is 0 Å². The Morgan fingerprint density at radius 3 is 1.84 bits per heavy atom. The highest BCUT2D eigenvalue weighted by Gasteiger charge is 2.27. The van der Waals surface area contributed by atoms with Gasteiger partial charge in [-0.25, -0.2) is 4.79 Å². The Morgan fingerprint density at radius 2 is 1.30 bits per heavy atom. The van der Waals surface area contributed by atoms with Gasteiger partial charge in [-0.1, -0.05) is 43.3 Å². The highest BCUT2D eigenvalue weighted by atomic mass is 16.5. The molecule has 0 aliphatic carbocycles. The summed E-state index contributed by atoms with van der Waals surface area (Å²) in [7, 11) is 0. The van der Waals surface area contributed by atoms with E-state index in [0.717, 1.165) is 22.4 Å². The molecule has 220 valence electrons. The highest BCUT2D eigenvalue weighted by molar-refractivity contribution is 5.87. The minimum Gasteiger partial charge on any atom is -0.494 e. The van der Waals surface area contributed by atoms with Crippen LogP contribution in [0.4, 0.5) is 11.4 Å². The number of unbranched alkanes of at least 4 members (excludes halogenated alkanes) is 1. The number of hydrogen-bond donors (Lipinski definition) is 2. The van der Waals surface area contributed by atoms with E-state index < -0.39 is 5.97 Å². The number of rotatable bonds is 14. The van der Waals surface area contributed by atoms with Gasteiger partial charge >= 0.3 is 5.97 Å². The van der Waals surface area contributed by atoms with Crippen molar-refractivity contribution in [2.45, 2.75) is 32.6 Å². The van der Waals surface area contributed by atoms with Crippen LogP contribution in [0, 0.1) is 16.7 Å². The van der Waals surface area contributed by atoms with Gasteiger partial charge in [-0.15, -0.1) is 0 Å². The summed E-state index contributed by atoms with van der Waals surface area (Å²) in [4.78, 5) is 12.7. The fourth-order valence-electron chi connectivity index (χ4n) is 4.61. The Hall–Kier alpha value is -5.22. The fourth-order valence-corrected chi connectivity index (χ4v) is 4.61. The van der Waals surface area contributed by atoms with Crippen molar-refractivity contribution in [2.24, 2.45) is 5.41 Å². The number of hydrogen-bond acceptors (Lipinski definition) is 7. The van der Waals surface area contributed by atoms with Gasteiger partial charge in [0, 0.05) is 29.3 Å². The first kappa shape index (κ1) is 30.7. The van der Waals surface area contributed by atoms with Gasteiger partial charge in [0.05, 0.1) is 19.3 Å². The summed E-state index contributed by atoms with van der Waals surface area (Å²) in [6.45, 7) is 2.87. The van der Waals surface area contributed by atoms with Gasteiger partial charge in [0.15, 0.2) is 0 Å². The molecular weight excluding hydrogens is 538 g/mol. The molecular formula is C36H37N3O4. The summed E-state index contributed by atoms with van der Waals surface area (Å²) < 4.78 is 17.3. The van der Waals surface area contributed by atoms with E-state index in [1.807, 2.05) is 97.1 Å². The van der Waals surface area contributed by atoms with Crippen molar-refractivity contribution in [3.05, 3.63) is 120 Å². The second kappa shape index (κ2) is 15.1. The number of nitrogens with zero attached hydrogens (tertiary/aromatic N) is 1. The normalized spacial score (nSPS) is 11.2. The standard InChI is InChI=1S/C36H37N3O4/c1-36(24-28-4-11-30(38)12-5-28,25-29-6-13-31(39)14-7-29)26-42-35(40)21-10-27-8-15-33(16-9-27)43-34-19-17-32(18-20-34)41-23-3-2-22-37/h4-21H,2-3,23-26,38-39H2,1H3/b21-10+. The second-order valence-corrected chi connectivity index (χ2v) is 10.8. The average Bonchev–Trinajstić information content (AvgIpc) is 3.01. The topological polar surface area (TPSA) is 121 Å². The summed E-state index contributed by atoms with van der Waals surface area (Å²) in [5.41, 5.74) is 15.9. The molecule has 0 amide bonds. The Balaban J connectivity index is 1.31. The van der Waals surface area contributed by atoms with E-state index in [4.69, 9.17) is 30.9 Å². The molecule has 0 spiro atoms. The summed E-state index contributed by atoms with van der Waals surface area (Å²) in [6.07, 6.45) is 5.77. The average molecular weight is 576 g/mol. The number of nitrogen functional groups attached to an aromatic ring is 2. The van der Waals surface area contributed by atoms with Crippen LogP contribution in [0.2, 0.25) is 0 Å². The monoisotopic (exact) mass is 575 g/mol. The molecule has 4 aromatic rings. The smallest absolute Gasteiger partial charge is 0.330 e. The Bertz CT molecular complexity index is 1470. The van der Waals surface area contributed by atoms with Crippen LogP contribution in [0.15, 0.2) is 103 Å². The largest absolute Gasteiger partial charge is 0.494 e. The Morgan fingerprint density at radius 1 is 0.791 bits per heavy atom. The molecule has 0 bridgehead atoms. The molecule has 43 heavy (non-hydrogen) atoms. The highest BCUT2D eigenvalue weighted by Crippen LogP contribution is 2.29. The number of esters is 1. The van der Waals surface area contributed by atoms with Gasteiger partial charge in [0.1, 0.15) is 17.2 Å². The summed E-state index contributed by atoms with van der Waals surface area (Å²) in [6, 6.07) is 32.4. The van der Waals surface area contributed by atoms with E-state index in [0.29, 0.717) is 55.2 Å². The number of benzene rings is 4. The second-order valence-electron chi connectivity index (χ2n) is 10.8. The predicted octanol–water partition coefficient (Wildman–Crippen LogP) is 7.37. The third kappa shape index (κ3) is 10.3. The Labute approximate surface area is 253 Å². The van der Waals surface area contributed by atoms with Crippen LogP contribution in [0.1, 0.15) is 36.5 Å². The summed E-state index contributed by atoms with van der Waals surface area (Å²) in [5, 5.41) is 8.60. The zero-order valence-electron chi connectivity index (χ0n) is 24.4. The quantitative estimate of drug-likeness (QED) is 0.0697. The molecule has 0 aromatic heterocycles. The zero-order valence-corrected chi connectivity index (χ0v) is 24.4. The third-order valence-corrected chi connectivity index (χ3v) is 6.84. The van der Waals surface area contributed by atoms with Crippen LogP contribution >= 0.6 is 0 Å². The maximum absolute atomic E-state index is 12.7. The van der Waals surface area contributed by atoms with Crippen molar-refractivity contribution >= 4 is 23.4 Å².